The van der Waals surface area contributed by atoms with E-state index >= 15 is 0 Å². The first-order valence-corrected chi connectivity index (χ1v) is 6.07. The molecule has 1 saturated heterocycles. The van der Waals surface area contributed by atoms with Crippen LogP contribution >= 0.6 is 0 Å². The van der Waals surface area contributed by atoms with Crippen molar-refractivity contribution >= 4 is 0 Å². The molecule has 2 N–H and O–H groups in total. The maximum absolute atomic E-state index is 6.32. The largest absolute Gasteiger partial charge is 0.383 e. The zero-order valence-corrected chi connectivity index (χ0v) is 10.6. The minimum Gasteiger partial charge on any atom is -0.383 e. The second-order valence-electron chi connectivity index (χ2n) is 4.71. The summed E-state index contributed by atoms with van der Waals surface area (Å²) in [5.41, 5.74) is 7.09. The first kappa shape index (κ1) is 12.5. The smallest absolute Gasteiger partial charge is 0.0862 e. The van der Waals surface area contributed by atoms with Gasteiger partial charge in [-0.1, -0.05) is 0 Å². The lowest BCUT2D eigenvalue weighted by molar-refractivity contribution is -0.00413. The molecule has 1 aliphatic heterocycles. The Labute approximate surface area is 102 Å². The summed E-state index contributed by atoms with van der Waals surface area (Å²) in [6.45, 7) is 4.25. The Balaban J connectivity index is 2.13. The number of rotatable bonds is 5. The summed E-state index contributed by atoms with van der Waals surface area (Å²) < 4.78 is 12.8. The van der Waals surface area contributed by atoms with Crippen LogP contribution in [-0.2, 0) is 16.0 Å². The average Bonchev–Trinajstić information content (AvgIpc) is 2.95. The van der Waals surface area contributed by atoms with Crippen LogP contribution in [0.1, 0.15) is 31.5 Å². The Morgan fingerprint density at radius 2 is 2.53 bits per heavy atom. The third kappa shape index (κ3) is 2.51. The minimum atomic E-state index is -0.259. The normalized spacial score (nSPS) is 26.3. The highest BCUT2D eigenvalue weighted by Gasteiger charge is 2.38. The summed E-state index contributed by atoms with van der Waals surface area (Å²) in [7, 11) is 1.69. The summed E-state index contributed by atoms with van der Waals surface area (Å²) in [5.74, 6) is 0. The van der Waals surface area contributed by atoms with Gasteiger partial charge in [0.05, 0.1) is 30.5 Å². The molecule has 1 aromatic heterocycles. The van der Waals surface area contributed by atoms with Gasteiger partial charge in [0.25, 0.3) is 0 Å². The number of nitrogens with two attached hydrogens (primary N) is 1. The van der Waals surface area contributed by atoms with E-state index in [1.807, 2.05) is 10.7 Å². The summed E-state index contributed by atoms with van der Waals surface area (Å²) in [4.78, 5) is 0. The van der Waals surface area contributed by atoms with Gasteiger partial charge in [-0.15, -0.1) is 0 Å². The summed E-state index contributed by atoms with van der Waals surface area (Å²) in [5, 5.41) is 4.28. The first-order chi connectivity index (χ1) is 8.17. The van der Waals surface area contributed by atoms with Crippen molar-refractivity contribution in [2.75, 3.05) is 20.3 Å². The molecule has 2 atom stereocenters. The zero-order chi connectivity index (χ0) is 12.3. The van der Waals surface area contributed by atoms with Gasteiger partial charge in [0.2, 0.25) is 0 Å². The van der Waals surface area contributed by atoms with Crippen molar-refractivity contribution in [2.24, 2.45) is 5.73 Å². The van der Waals surface area contributed by atoms with E-state index in [1.165, 1.54) is 0 Å². The third-order valence-electron chi connectivity index (χ3n) is 3.48. The molecule has 2 rings (SSSR count). The van der Waals surface area contributed by atoms with Crippen LogP contribution in [0, 0.1) is 0 Å². The predicted molar refractivity (Wildman–Crippen MR) is 64.6 cm³/mol. The molecule has 0 spiro atoms. The van der Waals surface area contributed by atoms with Crippen LogP contribution in [0.5, 0.6) is 0 Å². The number of methoxy groups -OCH3 is 1. The van der Waals surface area contributed by atoms with Crippen LogP contribution in [0.4, 0.5) is 0 Å². The molecule has 0 amide bonds. The van der Waals surface area contributed by atoms with Gasteiger partial charge < -0.3 is 15.2 Å². The number of ether oxygens (including phenoxy) is 2. The van der Waals surface area contributed by atoms with Gasteiger partial charge in [-0.25, -0.2) is 0 Å². The van der Waals surface area contributed by atoms with Crippen LogP contribution in [-0.4, -0.2) is 35.7 Å². The standard InChI is InChI=1S/C12H21N3O2/c1-12(5-3-8-17-12)11(13)10-4-6-14-15(10)7-9-16-2/h4,6,11H,3,5,7-9,13H2,1-2H3. The summed E-state index contributed by atoms with van der Waals surface area (Å²) in [6, 6.07) is 1.83. The topological polar surface area (TPSA) is 62.3 Å². The molecule has 0 bridgehead atoms. The van der Waals surface area contributed by atoms with E-state index in [0.29, 0.717) is 6.61 Å². The molecule has 1 aromatic rings. The number of nitrogens with zero attached hydrogens (tertiary/aromatic N) is 2. The molecular weight excluding hydrogens is 218 g/mol. The molecular formula is C12H21N3O2. The SMILES string of the molecule is COCCn1nccc1C(N)C1(C)CCCO1. The van der Waals surface area contributed by atoms with Gasteiger partial charge in [0.1, 0.15) is 0 Å². The number of hydrogen-bond acceptors (Lipinski definition) is 4. The van der Waals surface area contributed by atoms with Crippen LogP contribution in [0.3, 0.4) is 0 Å². The maximum atomic E-state index is 6.32. The molecule has 1 aliphatic rings. The van der Waals surface area contributed by atoms with E-state index in [4.69, 9.17) is 15.2 Å². The Kier molecular flexibility index (Phi) is 3.81. The fourth-order valence-electron chi connectivity index (χ4n) is 2.33. The van der Waals surface area contributed by atoms with Gasteiger partial charge in [-0.05, 0) is 25.8 Å². The Bertz CT molecular complexity index is 358. The fraction of sp³-hybridized carbons (Fsp3) is 0.750. The van der Waals surface area contributed by atoms with Gasteiger partial charge in [-0.3, -0.25) is 4.68 Å². The molecule has 0 saturated carbocycles. The number of hydrogen-bond donors (Lipinski definition) is 1. The van der Waals surface area contributed by atoms with Crippen LogP contribution in [0.25, 0.3) is 0 Å². The van der Waals surface area contributed by atoms with Gasteiger partial charge in [0, 0.05) is 19.9 Å². The van der Waals surface area contributed by atoms with Crippen LogP contribution in [0.15, 0.2) is 12.3 Å². The van der Waals surface area contributed by atoms with Crippen molar-refractivity contribution in [3.05, 3.63) is 18.0 Å². The Morgan fingerprint density at radius 3 is 3.18 bits per heavy atom. The molecule has 0 radical (unpaired) electrons. The molecule has 0 aromatic carbocycles. The van der Waals surface area contributed by atoms with Crippen molar-refractivity contribution in [1.82, 2.24) is 9.78 Å². The second kappa shape index (κ2) is 5.16. The zero-order valence-electron chi connectivity index (χ0n) is 10.6. The van der Waals surface area contributed by atoms with Crippen molar-refractivity contribution in [2.45, 2.75) is 38.0 Å². The van der Waals surface area contributed by atoms with Crippen molar-refractivity contribution in [3.63, 3.8) is 0 Å². The fourth-order valence-corrected chi connectivity index (χ4v) is 2.33. The van der Waals surface area contributed by atoms with Gasteiger partial charge in [-0.2, -0.15) is 5.10 Å². The third-order valence-corrected chi connectivity index (χ3v) is 3.48. The molecule has 96 valence electrons. The molecule has 2 heterocycles. The Morgan fingerprint density at radius 1 is 1.71 bits per heavy atom. The van der Waals surface area contributed by atoms with E-state index in [1.54, 1.807) is 13.3 Å². The van der Waals surface area contributed by atoms with Crippen molar-refractivity contribution < 1.29 is 9.47 Å². The van der Waals surface area contributed by atoms with Crippen LogP contribution < -0.4 is 5.73 Å². The van der Waals surface area contributed by atoms with E-state index in [9.17, 15) is 0 Å². The van der Waals surface area contributed by atoms with Gasteiger partial charge >= 0.3 is 0 Å². The second-order valence-corrected chi connectivity index (χ2v) is 4.71. The van der Waals surface area contributed by atoms with Gasteiger partial charge in [0.15, 0.2) is 0 Å². The van der Waals surface area contributed by atoms with Crippen molar-refractivity contribution in [3.8, 4) is 0 Å². The molecule has 5 nitrogen and oxygen atoms in total. The lowest BCUT2D eigenvalue weighted by atomic mass is 9.91. The lowest BCUT2D eigenvalue weighted by Crippen LogP contribution is -2.39. The van der Waals surface area contributed by atoms with Crippen LogP contribution in [0.2, 0.25) is 0 Å². The molecule has 0 aliphatic carbocycles. The van der Waals surface area contributed by atoms with E-state index < -0.39 is 0 Å². The predicted octanol–water partition coefficient (Wildman–Crippen LogP) is 1.10. The van der Waals surface area contributed by atoms with E-state index in [-0.39, 0.29) is 11.6 Å². The van der Waals surface area contributed by atoms with Crippen molar-refractivity contribution in [1.29, 1.82) is 0 Å². The Hall–Kier alpha value is -0.910. The molecule has 17 heavy (non-hydrogen) atoms. The minimum absolute atomic E-state index is 0.135. The highest BCUT2D eigenvalue weighted by Crippen LogP contribution is 2.35. The maximum Gasteiger partial charge on any atom is 0.0862 e. The summed E-state index contributed by atoms with van der Waals surface area (Å²) in [6.07, 6.45) is 3.86. The average molecular weight is 239 g/mol. The molecule has 1 fully saturated rings. The first-order valence-electron chi connectivity index (χ1n) is 6.07. The molecule has 2 unspecified atom stereocenters. The lowest BCUT2D eigenvalue weighted by Gasteiger charge is -2.30. The highest BCUT2D eigenvalue weighted by molar-refractivity contribution is 5.12. The summed E-state index contributed by atoms with van der Waals surface area (Å²) >= 11 is 0. The monoisotopic (exact) mass is 239 g/mol. The molecule has 5 heteroatoms. The highest BCUT2D eigenvalue weighted by atomic mass is 16.5. The quantitative estimate of drug-likeness (QED) is 0.835. The number of aromatic nitrogens is 2. The van der Waals surface area contributed by atoms with E-state index in [2.05, 4.69) is 12.0 Å². The van der Waals surface area contributed by atoms with E-state index in [0.717, 1.165) is 31.7 Å².